The maximum atomic E-state index is 12.1. The first kappa shape index (κ1) is 30.8. The van der Waals surface area contributed by atoms with Gasteiger partial charge < -0.3 is 4.89 Å². The highest BCUT2D eigenvalue weighted by Crippen LogP contribution is 2.45. The first-order valence-electron chi connectivity index (χ1n) is 13.4. The lowest BCUT2D eigenvalue weighted by molar-refractivity contribution is -0.910. The van der Waals surface area contributed by atoms with Gasteiger partial charge in [-0.2, -0.15) is 0 Å². The molecule has 2 atom stereocenters. The third kappa shape index (κ3) is 14.5. The van der Waals surface area contributed by atoms with Gasteiger partial charge >= 0.3 is 8.03 Å². The Morgan fingerprint density at radius 3 is 1.45 bits per heavy atom. The minimum atomic E-state index is -2.42. The highest BCUT2D eigenvalue weighted by molar-refractivity contribution is 7.38. The fourth-order valence-electron chi connectivity index (χ4n) is 4.63. The molecular formula is C27H55NO2P+. The second kappa shape index (κ2) is 19.2. The monoisotopic (exact) mass is 456 g/mol. The Labute approximate surface area is 196 Å². The standard InChI is InChI=1S/C27H55NO2P/c1-6-8-9-10-11-12-13-14-15-16-17-18-19-20-21-22-23-24-26-27(25-7-2,31(29)30)28(3,4)5/h13-14H,6-12,15-26H2,1-5H3/q+1/b14-13-. The fraction of sp³-hybridized carbons (Fsp3) is 0.926. The molecule has 0 rings (SSSR count). The zero-order valence-electron chi connectivity index (χ0n) is 21.8. The van der Waals surface area contributed by atoms with Crippen LogP contribution in [0, 0.1) is 0 Å². The van der Waals surface area contributed by atoms with Crippen LogP contribution in [-0.2, 0) is 4.57 Å². The molecule has 0 aliphatic carbocycles. The lowest BCUT2D eigenvalue weighted by Crippen LogP contribution is -2.55. The summed E-state index contributed by atoms with van der Waals surface area (Å²) in [5.41, 5.74) is 0. The number of allylic oxidation sites excluding steroid dienone is 2. The van der Waals surface area contributed by atoms with Gasteiger partial charge in [0.1, 0.15) is 0 Å². The van der Waals surface area contributed by atoms with Crippen LogP contribution < -0.4 is 4.89 Å². The predicted octanol–water partition coefficient (Wildman–Crippen LogP) is 8.50. The van der Waals surface area contributed by atoms with E-state index in [2.05, 4.69) is 26.0 Å². The van der Waals surface area contributed by atoms with Gasteiger partial charge in [-0.1, -0.05) is 101 Å². The molecule has 0 aliphatic heterocycles. The van der Waals surface area contributed by atoms with Gasteiger partial charge in [0.2, 0.25) is 0 Å². The van der Waals surface area contributed by atoms with Crippen molar-refractivity contribution in [2.24, 2.45) is 0 Å². The molecule has 3 nitrogen and oxygen atoms in total. The van der Waals surface area contributed by atoms with E-state index in [9.17, 15) is 9.46 Å². The quantitative estimate of drug-likeness (QED) is 0.0709. The lowest BCUT2D eigenvalue weighted by Gasteiger charge is -2.39. The molecule has 0 N–H and O–H groups in total. The Bertz CT molecular complexity index is 459. The van der Waals surface area contributed by atoms with Crippen molar-refractivity contribution in [1.82, 2.24) is 0 Å². The molecule has 0 fully saturated rings. The summed E-state index contributed by atoms with van der Waals surface area (Å²) in [6.07, 6.45) is 28.2. The Balaban J connectivity index is 3.66. The first-order valence-corrected chi connectivity index (χ1v) is 14.6. The van der Waals surface area contributed by atoms with Crippen LogP contribution in [-0.4, -0.2) is 30.9 Å². The van der Waals surface area contributed by atoms with Gasteiger partial charge in [-0.3, -0.25) is 4.48 Å². The number of unbranched alkanes of at least 4 members (excludes halogenated alkanes) is 14. The summed E-state index contributed by atoms with van der Waals surface area (Å²) in [5, 5.41) is -0.590. The molecule has 0 amide bonds. The van der Waals surface area contributed by atoms with Crippen LogP contribution in [0.2, 0.25) is 0 Å². The summed E-state index contributed by atoms with van der Waals surface area (Å²) in [6, 6.07) is 0. The average Bonchev–Trinajstić information content (AvgIpc) is 2.71. The van der Waals surface area contributed by atoms with E-state index < -0.39 is 13.3 Å². The average molecular weight is 457 g/mol. The van der Waals surface area contributed by atoms with Crippen molar-refractivity contribution in [1.29, 1.82) is 0 Å². The maximum Gasteiger partial charge on any atom is 0.376 e. The molecule has 0 aliphatic rings. The van der Waals surface area contributed by atoms with Gasteiger partial charge in [-0.25, -0.2) is 0 Å². The van der Waals surface area contributed by atoms with Crippen molar-refractivity contribution in [3.8, 4) is 0 Å². The molecule has 0 radical (unpaired) electrons. The van der Waals surface area contributed by atoms with E-state index in [1.54, 1.807) is 0 Å². The number of hydrogen-bond donors (Lipinski definition) is 0. The van der Waals surface area contributed by atoms with Crippen LogP contribution in [0.15, 0.2) is 12.2 Å². The van der Waals surface area contributed by atoms with E-state index in [4.69, 9.17) is 0 Å². The van der Waals surface area contributed by atoms with Crippen LogP contribution in [0.4, 0.5) is 0 Å². The van der Waals surface area contributed by atoms with Crippen molar-refractivity contribution in [2.75, 3.05) is 21.1 Å². The molecule has 184 valence electrons. The van der Waals surface area contributed by atoms with Gasteiger partial charge in [0.25, 0.3) is 5.28 Å². The molecule has 0 bridgehead atoms. The molecule has 0 saturated carbocycles. The Morgan fingerprint density at radius 1 is 0.645 bits per heavy atom. The summed E-state index contributed by atoms with van der Waals surface area (Å²) < 4.78 is 12.6. The van der Waals surface area contributed by atoms with Gasteiger partial charge in [0, 0.05) is 12.8 Å². The predicted molar refractivity (Wildman–Crippen MR) is 137 cm³/mol. The van der Waals surface area contributed by atoms with Crippen molar-refractivity contribution < 1.29 is 13.9 Å². The molecule has 0 aromatic rings. The second-order valence-corrected chi connectivity index (χ2v) is 11.7. The zero-order chi connectivity index (χ0) is 23.4. The Morgan fingerprint density at radius 2 is 1.06 bits per heavy atom. The second-order valence-electron chi connectivity index (χ2n) is 10.4. The minimum Gasteiger partial charge on any atom is -0.590 e. The van der Waals surface area contributed by atoms with Crippen LogP contribution in [0.1, 0.15) is 136 Å². The molecular weight excluding hydrogens is 401 g/mol. The van der Waals surface area contributed by atoms with Crippen molar-refractivity contribution in [2.45, 2.75) is 141 Å². The highest BCUT2D eigenvalue weighted by atomic mass is 31.1. The van der Waals surface area contributed by atoms with Gasteiger partial charge in [-0.05, 0) is 38.5 Å². The molecule has 0 aromatic heterocycles. The highest BCUT2D eigenvalue weighted by Gasteiger charge is 2.53. The zero-order valence-corrected chi connectivity index (χ0v) is 22.7. The third-order valence-corrected chi connectivity index (χ3v) is 8.55. The molecule has 0 heterocycles. The number of quaternary nitrogens is 1. The molecule has 2 unspecified atom stereocenters. The molecule has 31 heavy (non-hydrogen) atoms. The molecule has 4 heteroatoms. The van der Waals surface area contributed by atoms with E-state index in [0.717, 1.165) is 32.1 Å². The maximum absolute atomic E-state index is 12.1. The van der Waals surface area contributed by atoms with E-state index in [-0.39, 0.29) is 0 Å². The number of nitrogens with zero attached hydrogens (tertiary/aromatic N) is 1. The first-order chi connectivity index (χ1) is 14.8. The Hall–Kier alpha value is -0.240. The van der Waals surface area contributed by atoms with Gasteiger partial charge in [0.05, 0.1) is 21.1 Å². The molecule has 0 saturated heterocycles. The summed E-state index contributed by atoms with van der Waals surface area (Å²) in [4.78, 5) is 12.1. The van der Waals surface area contributed by atoms with Crippen LogP contribution in [0.25, 0.3) is 0 Å². The Kier molecular flexibility index (Phi) is 19.1. The number of hydrogen-bond acceptors (Lipinski definition) is 2. The molecule has 0 spiro atoms. The van der Waals surface area contributed by atoms with E-state index in [1.165, 1.54) is 89.9 Å². The van der Waals surface area contributed by atoms with Gasteiger partial charge in [0.15, 0.2) is 0 Å². The normalized spacial score (nSPS) is 14.8. The third-order valence-electron chi connectivity index (χ3n) is 6.83. The molecule has 0 aromatic carbocycles. The van der Waals surface area contributed by atoms with E-state index in [1.807, 2.05) is 21.1 Å². The summed E-state index contributed by atoms with van der Waals surface area (Å²) >= 11 is 0. The lowest BCUT2D eigenvalue weighted by atomic mass is 9.99. The summed E-state index contributed by atoms with van der Waals surface area (Å²) in [5.74, 6) is 0. The summed E-state index contributed by atoms with van der Waals surface area (Å²) in [6.45, 7) is 4.36. The van der Waals surface area contributed by atoms with Crippen LogP contribution >= 0.6 is 8.03 Å². The fourth-order valence-corrected chi connectivity index (χ4v) is 5.87. The topological polar surface area (TPSA) is 40.1 Å². The summed E-state index contributed by atoms with van der Waals surface area (Å²) in [7, 11) is 3.68. The largest absolute Gasteiger partial charge is 0.590 e. The van der Waals surface area contributed by atoms with Crippen molar-refractivity contribution in [3.63, 3.8) is 0 Å². The van der Waals surface area contributed by atoms with Crippen molar-refractivity contribution >= 4 is 8.03 Å². The van der Waals surface area contributed by atoms with E-state index >= 15 is 0 Å². The van der Waals surface area contributed by atoms with Crippen LogP contribution in [0.5, 0.6) is 0 Å². The minimum absolute atomic E-state index is 0.522. The SMILES string of the molecule is CCCCCCC/C=C\CCCCCCCCCCCC(CCC)([P+](=O)[O-])[N+](C)(C)C. The van der Waals surface area contributed by atoms with Crippen molar-refractivity contribution in [3.05, 3.63) is 12.2 Å². The smallest absolute Gasteiger partial charge is 0.376 e. The van der Waals surface area contributed by atoms with Crippen LogP contribution in [0.3, 0.4) is 0 Å². The number of rotatable bonds is 22. The van der Waals surface area contributed by atoms with E-state index in [0.29, 0.717) is 4.48 Å². The van der Waals surface area contributed by atoms with Gasteiger partial charge in [-0.15, -0.1) is 0 Å².